The first kappa shape index (κ1) is 15.4. The molecule has 0 radical (unpaired) electrons. The van der Waals surface area contributed by atoms with Crippen molar-refractivity contribution in [3.8, 4) is 5.88 Å². The Kier molecular flexibility index (Phi) is 6.65. The van der Waals surface area contributed by atoms with Crippen LogP contribution < -0.4 is 10.1 Å². The third-order valence-electron chi connectivity index (χ3n) is 2.53. The van der Waals surface area contributed by atoms with Crippen molar-refractivity contribution in [1.82, 2.24) is 10.3 Å². The summed E-state index contributed by atoms with van der Waals surface area (Å²) in [5.74, 6) is 1.39. The molecule has 3 nitrogen and oxygen atoms in total. The maximum absolute atomic E-state index is 5.76. The fraction of sp³-hybridized carbons (Fsp3) is 0.643. The van der Waals surface area contributed by atoms with E-state index < -0.39 is 0 Å². The lowest BCUT2D eigenvalue weighted by Crippen LogP contribution is -2.22. The van der Waals surface area contributed by atoms with Gasteiger partial charge in [0, 0.05) is 28.8 Å². The molecule has 18 heavy (non-hydrogen) atoms. The van der Waals surface area contributed by atoms with E-state index in [4.69, 9.17) is 4.74 Å². The van der Waals surface area contributed by atoms with E-state index in [0.717, 1.165) is 35.5 Å². The van der Waals surface area contributed by atoms with E-state index in [9.17, 15) is 0 Å². The summed E-state index contributed by atoms with van der Waals surface area (Å²) in [7, 11) is 0. The molecule has 1 heterocycles. The van der Waals surface area contributed by atoms with Gasteiger partial charge in [0.1, 0.15) is 0 Å². The van der Waals surface area contributed by atoms with Crippen molar-refractivity contribution < 1.29 is 4.74 Å². The van der Waals surface area contributed by atoms with Crippen LogP contribution >= 0.6 is 15.9 Å². The fourth-order valence-corrected chi connectivity index (χ4v) is 1.81. The fourth-order valence-electron chi connectivity index (χ4n) is 1.43. The van der Waals surface area contributed by atoms with E-state index in [-0.39, 0.29) is 0 Å². The van der Waals surface area contributed by atoms with Crippen molar-refractivity contribution in [2.24, 2.45) is 5.92 Å². The zero-order valence-corrected chi connectivity index (χ0v) is 13.3. The molecular formula is C14H23BrN2O. The Labute approximate surface area is 118 Å². The van der Waals surface area contributed by atoms with Gasteiger partial charge in [-0.15, -0.1) is 0 Å². The van der Waals surface area contributed by atoms with Gasteiger partial charge in [-0.1, -0.05) is 27.7 Å². The molecule has 0 aliphatic heterocycles. The van der Waals surface area contributed by atoms with Crippen LogP contribution in [0, 0.1) is 5.92 Å². The first-order chi connectivity index (χ1) is 8.49. The quantitative estimate of drug-likeness (QED) is 0.832. The first-order valence-electron chi connectivity index (χ1n) is 6.49. The molecule has 4 heteroatoms. The molecule has 1 aromatic rings. The molecule has 0 saturated carbocycles. The molecule has 0 atom stereocenters. The minimum absolute atomic E-state index is 0.451. The summed E-state index contributed by atoms with van der Waals surface area (Å²) in [4.78, 5) is 4.34. The van der Waals surface area contributed by atoms with Gasteiger partial charge in [-0.3, -0.25) is 0 Å². The van der Waals surface area contributed by atoms with Crippen molar-refractivity contribution >= 4 is 15.9 Å². The molecule has 1 aromatic heterocycles. The van der Waals surface area contributed by atoms with Gasteiger partial charge in [-0.05, 0) is 34.3 Å². The number of halogens is 1. The van der Waals surface area contributed by atoms with Gasteiger partial charge in [-0.25, -0.2) is 4.98 Å². The van der Waals surface area contributed by atoms with Crippen molar-refractivity contribution in [2.45, 2.75) is 46.7 Å². The molecule has 0 bridgehead atoms. The van der Waals surface area contributed by atoms with Crippen LogP contribution in [0.25, 0.3) is 0 Å². The van der Waals surface area contributed by atoms with Crippen LogP contribution in [0.4, 0.5) is 0 Å². The summed E-state index contributed by atoms with van der Waals surface area (Å²) >= 11 is 3.45. The van der Waals surface area contributed by atoms with Crippen LogP contribution in [0.1, 0.15) is 39.7 Å². The van der Waals surface area contributed by atoms with Crippen LogP contribution in [0.2, 0.25) is 0 Å². The molecule has 0 aliphatic rings. The lowest BCUT2D eigenvalue weighted by molar-refractivity contribution is 0.275. The second-order valence-electron chi connectivity index (χ2n) is 5.18. The monoisotopic (exact) mass is 314 g/mol. The van der Waals surface area contributed by atoms with Gasteiger partial charge in [-0.2, -0.15) is 0 Å². The molecular weight excluding hydrogens is 292 g/mol. The van der Waals surface area contributed by atoms with Crippen molar-refractivity contribution in [1.29, 1.82) is 0 Å². The molecule has 0 amide bonds. The SMILES string of the molecule is CC(C)CCOc1ncc(Br)cc1CNC(C)C. The number of rotatable bonds is 7. The van der Waals surface area contributed by atoms with Crippen LogP contribution in [0.5, 0.6) is 5.88 Å². The van der Waals surface area contributed by atoms with Crippen molar-refractivity contribution in [3.05, 3.63) is 22.3 Å². The number of ether oxygens (including phenoxy) is 1. The second-order valence-corrected chi connectivity index (χ2v) is 6.10. The number of hydrogen-bond donors (Lipinski definition) is 1. The normalized spacial score (nSPS) is 11.3. The molecule has 0 spiro atoms. The third-order valence-corrected chi connectivity index (χ3v) is 2.96. The third kappa shape index (κ3) is 5.83. The van der Waals surface area contributed by atoms with E-state index in [1.54, 1.807) is 6.20 Å². The predicted octanol–water partition coefficient (Wildman–Crippen LogP) is 3.77. The highest BCUT2D eigenvalue weighted by atomic mass is 79.9. The molecule has 0 unspecified atom stereocenters. The van der Waals surface area contributed by atoms with E-state index in [1.807, 2.05) is 0 Å². The Hall–Kier alpha value is -0.610. The number of nitrogens with one attached hydrogen (secondary N) is 1. The molecule has 0 aromatic carbocycles. The van der Waals surface area contributed by atoms with Gasteiger partial charge in [0.15, 0.2) is 0 Å². The van der Waals surface area contributed by atoms with Crippen LogP contribution in [0.15, 0.2) is 16.7 Å². The summed E-state index contributed by atoms with van der Waals surface area (Å²) in [6.07, 6.45) is 2.83. The first-order valence-corrected chi connectivity index (χ1v) is 7.29. The molecule has 1 N–H and O–H groups in total. The predicted molar refractivity (Wildman–Crippen MR) is 78.9 cm³/mol. The maximum Gasteiger partial charge on any atom is 0.217 e. The van der Waals surface area contributed by atoms with Gasteiger partial charge in [0.2, 0.25) is 5.88 Å². The summed E-state index contributed by atoms with van der Waals surface area (Å²) in [6, 6.07) is 2.51. The molecule has 102 valence electrons. The lowest BCUT2D eigenvalue weighted by Gasteiger charge is -2.13. The van der Waals surface area contributed by atoms with Crippen LogP contribution in [-0.2, 0) is 6.54 Å². The highest BCUT2D eigenvalue weighted by molar-refractivity contribution is 9.10. The molecule has 0 aliphatic carbocycles. The standard InChI is InChI=1S/C14H23BrN2O/c1-10(2)5-6-18-14-12(8-16-11(3)4)7-13(15)9-17-14/h7,9-11,16H,5-6,8H2,1-4H3. The summed E-state index contributed by atoms with van der Waals surface area (Å²) < 4.78 is 6.75. The van der Waals surface area contributed by atoms with Crippen molar-refractivity contribution in [2.75, 3.05) is 6.61 Å². The number of nitrogens with zero attached hydrogens (tertiary/aromatic N) is 1. The van der Waals surface area contributed by atoms with Crippen LogP contribution in [-0.4, -0.2) is 17.6 Å². The lowest BCUT2D eigenvalue weighted by atomic mass is 10.1. The van der Waals surface area contributed by atoms with Gasteiger partial charge in [0.05, 0.1) is 6.61 Å². The Bertz CT molecular complexity index is 367. The summed E-state index contributed by atoms with van der Waals surface area (Å²) in [6.45, 7) is 10.1. The molecule has 0 saturated heterocycles. The number of pyridine rings is 1. The Morgan fingerprint density at radius 3 is 2.67 bits per heavy atom. The topological polar surface area (TPSA) is 34.1 Å². The summed E-state index contributed by atoms with van der Waals surface area (Å²) in [5.41, 5.74) is 1.10. The molecule has 0 fully saturated rings. The summed E-state index contributed by atoms with van der Waals surface area (Å²) in [5, 5.41) is 3.39. The largest absolute Gasteiger partial charge is 0.477 e. The Balaban J connectivity index is 2.64. The Morgan fingerprint density at radius 2 is 2.06 bits per heavy atom. The van der Waals surface area contributed by atoms with E-state index in [0.29, 0.717) is 12.0 Å². The van der Waals surface area contributed by atoms with E-state index >= 15 is 0 Å². The average Bonchev–Trinajstić information content (AvgIpc) is 2.28. The molecule has 1 rings (SSSR count). The minimum atomic E-state index is 0.451. The highest BCUT2D eigenvalue weighted by Gasteiger charge is 2.07. The van der Waals surface area contributed by atoms with Gasteiger partial charge in [0.25, 0.3) is 0 Å². The highest BCUT2D eigenvalue weighted by Crippen LogP contribution is 2.20. The van der Waals surface area contributed by atoms with E-state index in [2.05, 4.69) is 60.0 Å². The number of aromatic nitrogens is 1. The maximum atomic E-state index is 5.76. The average molecular weight is 315 g/mol. The number of hydrogen-bond acceptors (Lipinski definition) is 3. The second kappa shape index (κ2) is 7.74. The zero-order valence-electron chi connectivity index (χ0n) is 11.7. The smallest absolute Gasteiger partial charge is 0.217 e. The zero-order chi connectivity index (χ0) is 13.5. The van der Waals surface area contributed by atoms with Crippen molar-refractivity contribution in [3.63, 3.8) is 0 Å². The van der Waals surface area contributed by atoms with Crippen LogP contribution in [0.3, 0.4) is 0 Å². The van der Waals surface area contributed by atoms with E-state index in [1.165, 1.54) is 0 Å². The van der Waals surface area contributed by atoms with Gasteiger partial charge < -0.3 is 10.1 Å². The van der Waals surface area contributed by atoms with Gasteiger partial charge >= 0.3 is 0 Å². The Morgan fingerprint density at radius 1 is 1.33 bits per heavy atom. The minimum Gasteiger partial charge on any atom is -0.477 e.